The Bertz CT molecular complexity index is 1360. The number of hydrogen-bond acceptors (Lipinski definition) is 7. The minimum absolute atomic E-state index is 0.0780. The molecule has 1 saturated heterocycles. The largest absolute Gasteiger partial charge is 0.417 e. The molecule has 1 fully saturated rings. The first-order valence-electron chi connectivity index (χ1n) is 10.9. The number of carbonyl (C=O) groups excluding carboxylic acids is 1. The molecule has 180 valence electrons. The monoisotopic (exact) mass is 482 g/mol. The third-order valence-electron chi connectivity index (χ3n) is 5.83. The summed E-state index contributed by atoms with van der Waals surface area (Å²) in [7, 11) is 0. The van der Waals surface area contributed by atoms with Crippen molar-refractivity contribution in [2.75, 3.05) is 36.4 Å². The van der Waals surface area contributed by atoms with E-state index >= 15 is 0 Å². The van der Waals surface area contributed by atoms with E-state index in [1.54, 1.807) is 25.3 Å². The van der Waals surface area contributed by atoms with Gasteiger partial charge in [0.1, 0.15) is 11.5 Å². The molecule has 0 spiro atoms. The summed E-state index contributed by atoms with van der Waals surface area (Å²) in [6, 6.07) is 7.64. The van der Waals surface area contributed by atoms with Gasteiger partial charge < -0.3 is 15.1 Å². The minimum atomic E-state index is -4.47. The van der Waals surface area contributed by atoms with Gasteiger partial charge in [-0.15, -0.1) is 0 Å². The molecule has 1 aliphatic heterocycles. The number of fused-ring (bicyclic) bond motifs is 1. The summed E-state index contributed by atoms with van der Waals surface area (Å²) in [6.07, 6.45) is 1.26. The molecule has 0 radical (unpaired) electrons. The smallest absolute Gasteiger partial charge is 0.367 e. The van der Waals surface area contributed by atoms with Crippen molar-refractivity contribution in [3.05, 3.63) is 60.7 Å². The van der Waals surface area contributed by atoms with Gasteiger partial charge in [-0.1, -0.05) is 0 Å². The summed E-state index contributed by atoms with van der Waals surface area (Å²) in [5.74, 6) is 0.847. The van der Waals surface area contributed by atoms with Crippen LogP contribution in [-0.4, -0.2) is 61.3 Å². The number of nitrogens with zero attached hydrogens (tertiary/aromatic N) is 7. The van der Waals surface area contributed by atoms with Crippen LogP contribution in [0.15, 0.2) is 55.1 Å². The van der Waals surface area contributed by atoms with Gasteiger partial charge in [0.05, 0.1) is 35.0 Å². The van der Waals surface area contributed by atoms with Crippen molar-refractivity contribution in [1.82, 2.24) is 29.2 Å². The average molecular weight is 482 g/mol. The Hall–Kier alpha value is -4.22. The highest BCUT2D eigenvalue weighted by Crippen LogP contribution is 2.30. The highest BCUT2D eigenvalue weighted by atomic mass is 19.4. The van der Waals surface area contributed by atoms with Gasteiger partial charge in [0.15, 0.2) is 0 Å². The molecule has 12 heteroatoms. The zero-order valence-electron chi connectivity index (χ0n) is 18.7. The van der Waals surface area contributed by atoms with E-state index < -0.39 is 11.7 Å². The molecule has 0 bridgehead atoms. The van der Waals surface area contributed by atoms with Crippen LogP contribution in [0.1, 0.15) is 12.5 Å². The number of halogens is 3. The van der Waals surface area contributed by atoms with E-state index in [9.17, 15) is 18.0 Å². The Kier molecular flexibility index (Phi) is 5.71. The number of amides is 1. The van der Waals surface area contributed by atoms with Gasteiger partial charge in [0.2, 0.25) is 11.9 Å². The quantitative estimate of drug-likeness (QED) is 0.475. The Morgan fingerprint density at radius 2 is 1.77 bits per heavy atom. The number of rotatable bonds is 4. The van der Waals surface area contributed by atoms with E-state index in [-0.39, 0.29) is 11.9 Å². The second kappa shape index (κ2) is 8.85. The van der Waals surface area contributed by atoms with E-state index in [2.05, 4.69) is 30.2 Å². The molecular formula is C23H21F3N8O. The fraction of sp³-hybridized carbons (Fsp3) is 0.261. The van der Waals surface area contributed by atoms with E-state index in [1.807, 2.05) is 11.0 Å². The first kappa shape index (κ1) is 22.6. The molecule has 4 aromatic heterocycles. The SMILES string of the molecule is CC(=O)N1CCN(c2ccc(Nc3nccc(-c4cnc5ccc(C(F)(F)F)cn45)n3)nc2)CC1. The normalized spacial score (nSPS) is 14.4. The predicted octanol–water partition coefficient (Wildman–Crippen LogP) is 3.62. The Balaban J connectivity index is 1.33. The van der Waals surface area contributed by atoms with E-state index in [0.717, 1.165) is 31.0 Å². The lowest BCUT2D eigenvalue weighted by atomic mass is 10.2. The minimum Gasteiger partial charge on any atom is -0.367 e. The summed E-state index contributed by atoms with van der Waals surface area (Å²) in [6.45, 7) is 4.38. The summed E-state index contributed by atoms with van der Waals surface area (Å²) >= 11 is 0. The topological polar surface area (TPSA) is 91.6 Å². The molecule has 0 unspecified atom stereocenters. The number of carbonyl (C=O) groups is 1. The van der Waals surface area contributed by atoms with Crippen LogP contribution < -0.4 is 10.2 Å². The summed E-state index contributed by atoms with van der Waals surface area (Å²) in [5, 5.41) is 3.03. The number of pyridine rings is 2. The molecule has 4 aromatic rings. The zero-order valence-corrected chi connectivity index (χ0v) is 18.7. The number of anilines is 3. The predicted molar refractivity (Wildman–Crippen MR) is 123 cm³/mol. The molecule has 0 aliphatic carbocycles. The molecule has 5 heterocycles. The molecule has 9 nitrogen and oxygen atoms in total. The van der Waals surface area contributed by atoms with Crippen molar-refractivity contribution in [3.63, 3.8) is 0 Å². The summed E-state index contributed by atoms with van der Waals surface area (Å²) < 4.78 is 40.8. The maximum absolute atomic E-state index is 13.2. The van der Waals surface area contributed by atoms with Gasteiger partial charge in [-0.2, -0.15) is 13.2 Å². The fourth-order valence-corrected chi connectivity index (χ4v) is 3.94. The second-order valence-corrected chi connectivity index (χ2v) is 8.07. The van der Waals surface area contributed by atoms with E-state index in [1.165, 1.54) is 22.9 Å². The van der Waals surface area contributed by atoms with Gasteiger partial charge >= 0.3 is 6.18 Å². The first-order valence-corrected chi connectivity index (χ1v) is 10.9. The number of hydrogen-bond donors (Lipinski definition) is 1. The van der Waals surface area contributed by atoms with Crippen molar-refractivity contribution in [1.29, 1.82) is 0 Å². The lowest BCUT2D eigenvalue weighted by Crippen LogP contribution is -2.48. The molecule has 0 atom stereocenters. The highest BCUT2D eigenvalue weighted by Gasteiger charge is 2.31. The Morgan fingerprint density at radius 3 is 2.46 bits per heavy atom. The van der Waals surface area contributed by atoms with Gasteiger partial charge in [-0.3, -0.25) is 9.20 Å². The van der Waals surface area contributed by atoms with E-state index in [4.69, 9.17) is 0 Å². The Morgan fingerprint density at radius 1 is 0.971 bits per heavy atom. The molecule has 5 rings (SSSR count). The van der Waals surface area contributed by atoms with Gasteiger partial charge in [-0.25, -0.2) is 19.9 Å². The van der Waals surface area contributed by atoms with Crippen molar-refractivity contribution >= 4 is 29.0 Å². The van der Waals surface area contributed by atoms with Crippen LogP contribution in [0.3, 0.4) is 0 Å². The Labute approximate surface area is 198 Å². The molecule has 0 aromatic carbocycles. The van der Waals surface area contributed by atoms with Crippen molar-refractivity contribution in [2.45, 2.75) is 13.1 Å². The average Bonchev–Trinajstić information content (AvgIpc) is 3.28. The van der Waals surface area contributed by atoms with Gasteiger partial charge in [-0.05, 0) is 30.3 Å². The van der Waals surface area contributed by atoms with E-state index in [0.29, 0.717) is 35.9 Å². The molecule has 35 heavy (non-hydrogen) atoms. The standard InChI is InChI=1S/C23H21F3N8O/c1-15(35)32-8-10-33(11-9-32)17-3-4-20(28-12-17)31-22-27-7-6-18(30-22)19-13-29-21-5-2-16(14-34(19)21)23(24,25)26/h2-7,12-14H,8-11H2,1H3,(H,27,28,30,31). The third-order valence-corrected chi connectivity index (χ3v) is 5.83. The van der Waals surface area contributed by atoms with Crippen LogP contribution >= 0.6 is 0 Å². The first-order chi connectivity index (χ1) is 16.8. The lowest BCUT2D eigenvalue weighted by molar-refractivity contribution is -0.137. The zero-order chi connectivity index (χ0) is 24.6. The fourth-order valence-electron chi connectivity index (χ4n) is 3.94. The highest BCUT2D eigenvalue weighted by molar-refractivity contribution is 5.73. The van der Waals surface area contributed by atoms with Crippen LogP contribution in [0.2, 0.25) is 0 Å². The maximum Gasteiger partial charge on any atom is 0.417 e. The van der Waals surface area contributed by atoms with Gasteiger partial charge in [0.25, 0.3) is 0 Å². The third kappa shape index (κ3) is 4.72. The van der Waals surface area contributed by atoms with Crippen LogP contribution in [0.5, 0.6) is 0 Å². The van der Waals surface area contributed by atoms with Crippen molar-refractivity contribution in [3.8, 4) is 11.4 Å². The number of alkyl halides is 3. The molecular weight excluding hydrogens is 461 g/mol. The lowest BCUT2D eigenvalue weighted by Gasteiger charge is -2.35. The van der Waals surface area contributed by atoms with Crippen molar-refractivity contribution in [2.24, 2.45) is 0 Å². The maximum atomic E-state index is 13.2. The summed E-state index contributed by atoms with van der Waals surface area (Å²) in [4.78, 5) is 32.7. The van der Waals surface area contributed by atoms with Gasteiger partial charge in [0, 0.05) is 45.5 Å². The summed E-state index contributed by atoms with van der Waals surface area (Å²) in [5.41, 5.74) is 1.37. The number of aromatic nitrogens is 5. The number of nitrogens with one attached hydrogen (secondary N) is 1. The molecule has 0 saturated carbocycles. The van der Waals surface area contributed by atoms with Crippen LogP contribution in [0.4, 0.5) is 30.6 Å². The molecule has 1 aliphatic rings. The second-order valence-electron chi connectivity index (χ2n) is 8.07. The number of piperazine rings is 1. The van der Waals surface area contributed by atoms with Crippen LogP contribution in [0.25, 0.3) is 17.0 Å². The molecule has 1 N–H and O–H groups in total. The molecule has 1 amide bonds. The van der Waals surface area contributed by atoms with Crippen LogP contribution in [-0.2, 0) is 11.0 Å². The van der Waals surface area contributed by atoms with Crippen molar-refractivity contribution < 1.29 is 18.0 Å². The number of imidazole rings is 1. The van der Waals surface area contributed by atoms with Crippen LogP contribution in [0, 0.1) is 0 Å².